The van der Waals surface area contributed by atoms with Crippen LogP contribution < -0.4 is 10.6 Å². The Kier molecular flexibility index (Phi) is 4.26. The van der Waals surface area contributed by atoms with Crippen LogP contribution in [0.1, 0.15) is 13.3 Å². The molecular weight excluding hydrogens is 264 g/mol. The molecule has 3 rings (SSSR count). The molecule has 21 heavy (non-hydrogen) atoms. The standard InChI is InChI=1S/C15H22N6/c1-2-12(11-16)20-7-9-21(10-8-20)15-17-13-5-3-4-6-14(13)18-19-15/h3-6,12H,2,7-11,16H2,1H3. The predicted molar refractivity (Wildman–Crippen MR) is 84.3 cm³/mol. The van der Waals surface area contributed by atoms with Gasteiger partial charge in [0.2, 0.25) is 5.95 Å². The van der Waals surface area contributed by atoms with Gasteiger partial charge in [0.1, 0.15) is 5.52 Å². The number of hydrogen-bond acceptors (Lipinski definition) is 6. The zero-order valence-electron chi connectivity index (χ0n) is 12.4. The Morgan fingerprint density at radius 1 is 1.10 bits per heavy atom. The van der Waals surface area contributed by atoms with Crippen molar-refractivity contribution in [3.8, 4) is 0 Å². The van der Waals surface area contributed by atoms with Gasteiger partial charge in [-0.1, -0.05) is 19.1 Å². The van der Waals surface area contributed by atoms with Crippen molar-refractivity contribution in [1.29, 1.82) is 0 Å². The van der Waals surface area contributed by atoms with Crippen molar-refractivity contribution in [2.75, 3.05) is 37.6 Å². The van der Waals surface area contributed by atoms with Crippen molar-refractivity contribution in [3.05, 3.63) is 24.3 Å². The van der Waals surface area contributed by atoms with E-state index < -0.39 is 0 Å². The van der Waals surface area contributed by atoms with Crippen LogP contribution in [0.25, 0.3) is 11.0 Å². The summed E-state index contributed by atoms with van der Waals surface area (Å²) < 4.78 is 0. The lowest BCUT2D eigenvalue weighted by atomic mass is 10.1. The third-order valence-electron chi connectivity index (χ3n) is 4.21. The minimum absolute atomic E-state index is 0.489. The minimum Gasteiger partial charge on any atom is -0.337 e. The van der Waals surface area contributed by atoms with Crippen molar-refractivity contribution >= 4 is 17.0 Å². The molecule has 1 aromatic carbocycles. The normalized spacial score (nSPS) is 18.1. The summed E-state index contributed by atoms with van der Waals surface area (Å²) in [5.41, 5.74) is 7.58. The second-order valence-electron chi connectivity index (χ2n) is 5.42. The number of benzene rings is 1. The van der Waals surface area contributed by atoms with Crippen LogP contribution in [0.4, 0.5) is 5.95 Å². The Morgan fingerprint density at radius 2 is 1.81 bits per heavy atom. The van der Waals surface area contributed by atoms with Gasteiger partial charge in [0.05, 0.1) is 5.52 Å². The third kappa shape index (κ3) is 2.96. The SMILES string of the molecule is CCC(CN)N1CCN(c2nnc3ccccc3n2)CC1. The summed E-state index contributed by atoms with van der Waals surface area (Å²) >= 11 is 0. The largest absolute Gasteiger partial charge is 0.337 e. The van der Waals surface area contributed by atoms with E-state index in [0.29, 0.717) is 6.04 Å². The Bertz CT molecular complexity index is 589. The van der Waals surface area contributed by atoms with E-state index in [4.69, 9.17) is 5.73 Å². The summed E-state index contributed by atoms with van der Waals surface area (Å²) in [5, 5.41) is 8.52. The minimum atomic E-state index is 0.489. The van der Waals surface area contributed by atoms with Gasteiger partial charge in [0.25, 0.3) is 0 Å². The molecule has 1 fully saturated rings. The Hall–Kier alpha value is -1.79. The van der Waals surface area contributed by atoms with Crippen LogP contribution in [-0.2, 0) is 0 Å². The smallest absolute Gasteiger partial charge is 0.246 e. The highest BCUT2D eigenvalue weighted by molar-refractivity contribution is 5.74. The van der Waals surface area contributed by atoms with Crippen LogP contribution in [0, 0.1) is 0 Å². The number of para-hydroxylation sites is 1. The molecule has 0 radical (unpaired) electrons. The maximum atomic E-state index is 5.83. The number of aromatic nitrogens is 3. The van der Waals surface area contributed by atoms with Gasteiger partial charge in [-0.05, 0) is 18.6 Å². The van der Waals surface area contributed by atoms with E-state index in [2.05, 4.69) is 31.9 Å². The van der Waals surface area contributed by atoms with Gasteiger partial charge in [-0.25, -0.2) is 4.98 Å². The lowest BCUT2D eigenvalue weighted by Gasteiger charge is -2.38. The quantitative estimate of drug-likeness (QED) is 0.900. The summed E-state index contributed by atoms with van der Waals surface area (Å²) in [5.74, 6) is 0.731. The first-order chi connectivity index (χ1) is 10.3. The molecule has 1 atom stereocenters. The van der Waals surface area contributed by atoms with Crippen molar-refractivity contribution < 1.29 is 0 Å². The van der Waals surface area contributed by atoms with Crippen molar-refractivity contribution in [2.24, 2.45) is 5.73 Å². The molecule has 6 nitrogen and oxygen atoms in total. The Morgan fingerprint density at radius 3 is 2.48 bits per heavy atom. The number of fused-ring (bicyclic) bond motifs is 1. The molecule has 1 aromatic heterocycles. The molecule has 0 saturated carbocycles. The van der Waals surface area contributed by atoms with Gasteiger partial charge < -0.3 is 10.6 Å². The molecule has 1 aliphatic heterocycles. The number of rotatable bonds is 4. The fourth-order valence-electron chi connectivity index (χ4n) is 2.87. The molecule has 2 aromatic rings. The summed E-state index contributed by atoms with van der Waals surface area (Å²) in [6.07, 6.45) is 1.10. The molecule has 0 spiro atoms. The maximum Gasteiger partial charge on any atom is 0.246 e. The molecule has 1 aliphatic rings. The van der Waals surface area contributed by atoms with Gasteiger partial charge in [0.15, 0.2) is 0 Å². The van der Waals surface area contributed by atoms with E-state index >= 15 is 0 Å². The van der Waals surface area contributed by atoms with Crippen molar-refractivity contribution in [2.45, 2.75) is 19.4 Å². The molecule has 0 aliphatic carbocycles. The Balaban J connectivity index is 1.70. The first-order valence-electron chi connectivity index (χ1n) is 7.60. The monoisotopic (exact) mass is 286 g/mol. The van der Waals surface area contributed by atoms with Gasteiger partial charge in [-0.15, -0.1) is 10.2 Å². The molecule has 112 valence electrons. The zero-order chi connectivity index (χ0) is 14.7. The van der Waals surface area contributed by atoms with E-state index in [1.54, 1.807) is 0 Å². The fourth-order valence-corrected chi connectivity index (χ4v) is 2.87. The van der Waals surface area contributed by atoms with E-state index in [-0.39, 0.29) is 0 Å². The van der Waals surface area contributed by atoms with E-state index in [9.17, 15) is 0 Å². The van der Waals surface area contributed by atoms with Crippen LogP contribution in [0.5, 0.6) is 0 Å². The second-order valence-corrected chi connectivity index (χ2v) is 5.42. The average molecular weight is 286 g/mol. The third-order valence-corrected chi connectivity index (χ3v) is 4.21. The highest BCUT2D eigenvalue weighted by atomic mass is 15.4. The molecular formula is C15H22N6. The molecule has 6 heteroatoms. The van der Waals surface area contributed by atoms with Crippen molar-refractivity contribution in [1.82, 2.24) is 20.1 Å². The summed E-state index contributed by atoms with van der Waals surface area (Å²) in [4.78, 5) is 9.29. The van der Waals surface area contributed by atoms with Crippen LogP contribution >= 0.6 is 0 Å². The molecule has 2 heterocycles. The first kappa shape index (κ1) is 14.2. The highest BCUT2D eigenvalue weighted by Gasteiger charge is 2.23. The molecule has 2 N–H and O–H groups in total. The van der Waals surface area contributed by atoms with Crippen LogP contribution in [0.2, 0.25) is 0 Å². The lowest BCUT2D eigenvalue weighted by Crippen LogP contribution is -2.52. The number of hydrogen-bond donors (Lipinski definition) is 1. The van der Waals surface area contributed by atoms with E-state index in [1.807, 2.05) is 24.3 Å². The van der Waals surface area contributed by atoms with Crippen LogP contribution in [0.3, 0.4) is 0 Å². The van der Waals surface area contributed by atoms with E-state index in [0.717, 1.165) is 56.1 Å². The van der Waals surface area contributed by atoms with Crippen LogP contribution in [0.15, 0.2) is 24.3 Å². The van der Waals surface area contributed by atoms with Gasteiger partial charge in [-0.3, -0.25) is 4.90 Å². The molecule has 1 saturated heterocycles. The Labute approximate surface area is 125 Å². The topological polar surface area (TPSA) is 71.2 Å². The van der Waals surface area contributed by atoms with Gasteiger partial charge in [0, 0.05) is 38.8 Å². The lowest BCUT2D eigenvalue weighted by molar-refractivity contribution is 0.184. The maximum absolute atomic E-state index is 5.83. The molecule has 0 amide bonds. The fraction of sp³-hybridized carbons (Fsp3) is 0.533. The van der Waals surface area contributed by atoms with Crippen LogP contribution in [-0.4, -0.2) is 58.8 Å². The number of anilines is 1. The van der Waals surface area contributed by atoms with Gasteiger partial charge >= 0.3 is 0 Å². The van der Waals surface area contributed by atoms with Crippen molar-refractivity contribution in [3.63, 3.8) is 0 Å². The second kappa shape index (κ2) is 6.32. The molecule has 1 unspecified atom stereocenters. The number of nitrogens with zero attached hydrogens (tertiary/aromatic N) is 5. The summed E-state index contributed by atoms with van der Waals surface area (Å²) in [6.45, 7) is 6.79. The summed E-state index contributed by atoms with van der Waals surface area (Å²) in [6, 6.07) is 8.33. The summed E-state index contributed by atoms with van der Waals surface area (Å²) in [7, 11) is 0. The highest BCUT2D eigenvalue weighted by Crippen LogP contribution is 2.15. The first-order valence-corrected chi connectivity index (χ1v) is 7.60. The van der Waals surface area contributed by atoms with E-state index in [1.165, 1.54) is 0 Å². The van der Waals surface area contributed by atoms with Gasteiger partial charge in [-0.2, -0.15) is 0 Å². The zero-order valence-corrected chi connectivity index (χ0v) is 12.4. The molecule has 0 bridgehead atoms. The number of piperazine rings is 1. The predicted octanol–water partition coefficient (Wildman–Crippen LogP) is 0.884. The number of nitrogens with two attached hydrogens (primary N) is 1. The average Bonchev–Trinajstić information content (AvgIpc) is 2.56.